The van der Waals surface area contributed by atoms with Crippen LogP contribution in [0.5, 0.6) is 17.4 Å². The molecular weight excluding hydrogens is 404 g/mol. The largest absolute Gasteiger partial charge is 0.497 e. The van der Waals surface area contributed by atoms with Crippen molar-refractivity contribution in [2.24, 2.45) is 0 Å². The monoisotopic (exact) mass is 428 g/mol. The summed E-state index contributed by atoms with van der Waals surface area (Å²) in [4.78, 5) is 17.7. The van der Waals surface area contributed by atoms with Gasteiger partial charge in [-0.25, -0.2) is 4.98 Å². The highest BCUT2D eigenvalue weighted by Gasteiger charge is 2.15. The van der Waals surface area contributed by atoms with E-state index in [1.807, 2.05) is 72.8 Å². The predicted molar refractivity (Wildman–Crippen MR) is 123 cm³/mol. The Morgan fingerprint density at radius 3 is 2.47 bits per heavy atom. The second-order valence-electron chi connectivity index (χ2n) is 7.16. The Labute approximate surface area is 186 Å². The summed E-state index contributed by atoms with van der Waals surface area (Å²) in [5.41, 5.74) is 3.04. The molecule has 6 heteroatoms. The fourth-order valence-electron chi connectivity index (χ4n) is 3.44. The van der Waals surface area contributed by atoms with E-state index >= 15 is 0 Å². The normalized spacial score (nSPS) is 10.6. The van der Waals surface area contributed by atoms with Crippen molar-refractivity contribution in [2.75, 3.05) is 14.2 Å². The molecule has 0 fully saturated rings. The number of para-hydroxylation sites is 1. The molecule has 4 rings (SSSR count). The zero-order chi connectivity index (χ0) is 22.3. The predicted octanol–water partition coefficient (Wildman–Crippen LogP) is 4.76. The van der Waals surface area contributed by atoms with Crippen LogP contribution in [-0.4, -0.2) is 25.1 Å². The van der Waals surface area contributed by atoms with E-state index in [0.717, 1.165) is 16.5 Å². The van der Waals surface area contributed by atoms with Crippen molar-refractivity contribution in [3.05, 3.63) is 95.6 Å². The summed E-state index contributed by atoms with van der Waals surface area (Å²) < 4.78 is 16.6. The van der Waals surface area contributed by atoms with Crippen LogP contribution >= 0.6 is 0 Å². The summed E-state index contributed by atoms with van der Waals surface area (Å²) in [6.07, 6.45) is 0. The molecule has 0 unspecified atom stereocenters. The van der Waals surface area contributed by atoms with Crippen LogP contribution < -0.4 is 19.5 Å². The topological polar surface area (TPSA) is 69.7 Å². The zero-order valence-electron chi connectivity index (χ0n) is 18.0. The molecule has 4 aromatic rings. The molecule has 0 saturated heterocycles. The van der Waals surface area contributed by atoms with Crippen molar-refractivity contribution in [1.29, 1.82) is 0 Å². The van der Waals surface area contributed by atoms with Gasteiger partial charge < -0.3 is 19.5 Å². The summed E-state index contributed by atoms with van der Waals surface area (Å²) in [6.45, 7) is 0.657. The summed E-state index contributed by atoms with van der Waals surface area (Å²) in [5.74, 6) is 1.55. The van der Waals surface area contributed by atoms with Crippen molar-refractivity contribution in [2.45, 2.75) is 13.2 Å². The molecule has 0 saturated carbocycles. The Bertz CT molecular complexity index is 1230. The molecule has 0 atom stereocenters. The fourth-order valence-corrected chi connectivity index (χ4v) is 3.44. The molecule has 1 amide bonds. The Morgan fingerprint density at radius 2 is 1.69 bits per heavy atom. The van der Waals surface area contributed by atoms with Gasteiger partial charge >= 0.3 is 0 Å². The highest BCUT2D eigenvalue weighted by atomic mass is 16.5. The minimum atomic E-state index is -0.224. The van der Waals surface area contributed by atoms with Crippen molar-refractivity contribution in [3.8, 4) is 17.4 Å². The first-order valence-corrected chi connectivity index (χ1v) is 10.2. The number of hydrogen-bond donors (Lipinski definition) is 1. The van der Waals surface area contributed by atoms with Crippen LogP contribution in [0.15, 0.2) is 78.9 Å². The number of nitrogens with one attached hydrogen (secondary N) is 1. The van der Waals surface area contributed by atoms with Gasteiger partial charge in [-0.05, 0) is 29.8 Å². The van der Waals surface area contributed by atoms with Crippen LogP contribution in [0.2, 0.25) is 0 Å². The maximum absolute atomic E-state index is 13.1. The molecule has 0 bridgehead atoms. The number of ether oxygens (including phenoxy) is 3. The molecule has 3 aromatic carbocycles. The van der Waals surface area contributed by atoms with Crippen LogP contribution in [0, 0.1) is 0 Å². The fraction of sp³-hybridized carbons (Fsp3) is 0.154. The lowest BCUT2D eigenvalue weighted by Gasteiger charge is -2.13. The number of carbonyl (C=O) groups is 1. The zero-order valence-corrected chi connectivity index (χ0v) is 18.0. The SMILES string of the molecule is COc1ccc(OC)c(CNC(=O)c2cc(OCc3ccccc3)nc3ccccc23)c1. The number of carbonyl (C=O) groups excluding carboxylic acids is 1. The van der Waals surface area contributed by atoms with E-state index in [1.54, 1.807) is 20.3 Å². The van der Waals surface area contributed by atoms with Crippen LogP contribution in [0.1, 0.15) is 21.5 Å². The third-order valence-corrected chi connectivity index (χ3v) is 5.09. The van der Waals surface area contributed by atoms with Crippen molar-refractivity contribution in [1.82, 2.24) is 10.3 Å². The van der Waals surface area contributed by atoms with Crippen molar-refractivity contribution < 1.29 is 19.0 Å². The van der Waals surface area contributed by atoms with Crippen LogP contribution in [-0.2, 0) is 13.2 Å². The van der Waals surface area contributed by atoms with Crippen molar-refractivity contribution >= 4 is 16.8 Å². The molecule has 0 spiro atoms. The molecule has 6 nitrogen and oxygen atoms in total. The van der Waals surface area contributed by atoms with E-state index in [2.05, 4.69) is 10.3 Å². The number of aromatic nitrogens is 1. The number of amides is 1. The van der Waals surface area contributed by atoms with E-state index < -0.39 is 0 Å². The van der Waals surface area contributed by atoms with E-state index in [1.165, 1.54) is 0 Å². The third-order valence-electron chi connectivity index (χ3n) is 5.09. The average Bonchev–Trinajstić information content (AvgIpc) is 2.85. The lowest BCUT2D eigenvalue weighted by Crippen LogP contribution is -2.23. The maximum Gasteiger partial charge on any atom is 0.252 e. The average molecular weight is 428 g/mol. The molecule has 0 radical (unpaired) electrons. The van der Waals surface area contributed by atoms with Gasteiger partial charge in [0.2, 0.25) is 5.88 Å². The second kappa shape index (κ2) is 9.83. The molecule has 1 aromatic heterocycles. The molecule has 1 heterocycles. The number of fused-ring (bicyclic) bond motifs is 1. The molecule has 1 N–H and O–H groups in total. The van der Waals surface area contributed by atoms with Crippen LogP contribution in [0.3, 0.4) is 0 Å². The van der Waals surface area contributed by atoms with Gasteiger partial charge in [-0.15, -0.1) is 0 Å². The highest BCUT2D eigenvalue weighted by Crippen LogP contribution is 2.25. The second-order valence-corrected chi connectivity index (χ2v) is 7.16. The maximum atomic E-state index is 13.1. The van der Waals surface area contributed by atoms with Gasteiger partial charge in [0.15, 0.2) is 0 Å². The Morgan fingerprint density at radius 1 is 0.906 bits per heavy atom. The van der Waals surface area contributed by atoms with E-state index in [9.17, 15) is 4.79 Å². The molecular formula is C26H24N2O4. The molecule has 162 valence electrons. The minimum Gasteiger partial charge on any atom is -0.497 e. The number of hydrogen-bond acceptors (Lipinski definition) is 5. The number of nitrogens with zero attached hydrogens (tertiary/aromatic N) is 1. The lowest BCUT2D eigenvalue weighted by molar-refractivity contribution is 0.0951. The van der Waals surface area contributed by atoms with Gasteiger partial charge in [-0.2, -0.15) is 0 Å². The van der Waals surface area contributed by atoms with E-state index in [4.69, 9.17) is 14.2 Å². The smallest absolute Gasteiger partial charge is 0.252 e. The summed E-state index contributed by atoms with van der Waals surface area (Å²) in [6, 6.07) is 24.5. The lowest BCUT2D eigenvalue weighted by atomic mass is 10.1. The van der Waals surface area contributed by atoms with E-state index in [0.29, 0.717) is 35.1 Å². The standard InChI is InChI=1S/C26H24N2O4/c1-30-20-12-13-24(31-2)19(14-20)16-27-26(29)22-15-25(28-23-11-7-6-10-21(22)23)32-17-18-8-4-3-5-9-18/h3-15H,16-17H2,1-2H3,(H,27,29). The summed E-state index contributed by atoms with van der Waals surface area (Å²) in [7, 11) is 3.20. The van der Waals surface area contributed by atoms with Gasteiger partial charge in [0.1, 0.15) is 18.1 Å². The number of rotatable bonds is 8. The van der Waals surface area contributed by atoms with Gasteiger partial charge in [0, 0.05) is 23.6 Å². The van der Waals surface area contributed by atoms with Gasteiger partial charge in [0.05, 0.1) is 25.3 Å². The number of methoxy groups -OCH3 is 2. The van der Waals surface area contributed by atoms with Crippen LogP contribution in [0.25, 0.3) is 10.9 Å². The van der Waals surface area contributed by atoms with Gasteiger partial charge in [-0.3, -0.25) is 4.79 Å². The highest BCUT2D eigenvalue weighted by molar-refractivity contribution is 6.06. The molecule has 0 aliphatic heterocycles. The van der Waals surface area contributed by atoms with Gasteiger partial charge in [0.25, 0.3) is 5.91 Å². The number of pyridine rings is 1. The quantitative estimate of drug-likeness (QED) is 0.438. The number of benzene rings is 3. The Kier molecular flexibility index (Phi) is 6.51. The summed E-state index contributed by atoms with van der Waals surface area (Å²) >= 11 is 0. The third kappa shape index (κ3) is 4.81. The first kappa shape index (κ1) is 21.2. The molecule has 0 aliphatic carbocycles. The Hall–Kier alpha value is -4.06. The molecule has 0 aliphatic rings. The molecule has 32 heavy (non-hydrogen) atoms. The van der Waals surface area contributed by atoms with Crippen molar-refractivity contribution in [3.63, 3.8) is 0 Å². The van der Waals surface area contributed by atoms with E-state index in [-0.39, 0.29) is 12.5 Å². The van der Waals surface area contributed by atoms with Crippen LogP contribution in [0.4, 0.5) is 0 Å². The Balaban J connectivity index is 1.58. The minimum absolute atomic E-state index is 0.224. The van der Waals surface area contributed by atoms with Gasteiger partial charge in [-0.1, -0.05) is 48.5 Å². The first-order chi connectivity index (χ1) is 15.7. The summed E-state index contributed by atoms with van der Waals surface area (Å²) in [5, 5.41) is 3.74. The first-order valence-electron chi connectivity index (χ1n) is 10.2.